The van der Waals surface area contributed by atoms with E-state index in [2.05, 4.69) is 20.8 Å². The molecule has 0 bridgehead atoms. The maximum Gasteiger partial charge on any atom is 0.143 e. The summed E-state index contributed by atoms with van der Waals surface area (Å²) >= 11 is 0. The van der Waals surface area contributed by atoms with Gasteiger partial charge in [-0.2, -0.15) is 0 Å². The van der Waals surface area contributed by atoms with E-state index < -0.39 is 0 Å². The van der Waals surface area contributed by atoms with Crippen LogP contribution in [0.4, 0.5) is 5.69 Å². The average Bonchev–Trinajstić information content (AvgIpc) is 2.71. The van der Waals surface area contributed by atoms with Gasteiger partial charge in [-0.25, -0.2) is 4.68 Å². The van der Waals surface area contributed by atoms with E-state index in [0.717, 1.165) is 11.4 Å². The van der Waals surface area contributed by atoms with Crippen LogP contribution in [0.15, 0.2) is 30.6 Å². The Labute approximate surface area is 75.4 Å². The molecule has 0 atom stereocenters. The SMILES string of the molecule is CNc1cccc(-n2cnnn2)c1. The molecule has 0 saturated heterocycles. The maximum absolute atomic E-state index is 3.79. The molecule has 0 radical (unpaired) electrons. The Morgan fingerprint density at radius 1 is 1.38 bits per heavy atom. The first-order chi connectivity index (χ1) is 6.40. The fourth-order valence-corrected chi connectivity index (χ4v) is 1.08. The zero-order chi connectivity index (χ0) is 9.10. The first kappa shape index (κ1) is 7.72. The molecule has 66 valence electrons. The molecule has 13 heavy (non-hydrogen) atoms. The summed E-state index contributed by atoms with van der Waals surface area (Å²) < 4.78 is 1.61. The number of hydrogen-bond acceptors (Lipinski definition) is 4. The molecule has 0 unspecified atom stereocenters. The molecule has 0 fully saturated rings. The van der Waals surface area contributed by atoms with E-state index in [1.54, 1.807) is 11.0 Å². The molecule has 0 aliphatic heterocycles. The summed E-state index contributed by atoms with van der Waals surface area (Å²) in [7, 11) is 1.87. The molecule has 0 amide bonds. The van der Waals surface area contributed by atoms with Crippen molar-refractivity contribution in [3.8, 4) is 5.69 Å². The Hall–Kier alpha value is -1.91. The van der Waals surface area contributed by atoms with Crippen molar-refractivity contribution in [2.24, 2.45) is 0 Å². The number of aromatic nitrogens is 4. The Bertz CT molecular complexity index is 381. The number of rotatable bonds is 2. The topological polar surface area (TPSA) is 55.6 Å². The maximum atomic E-state index is 3.79. The van der Waals surface area contributed by atoms with Crippen molar-refractivity contribution in [2.45, 2.75) is 0 Å². The van der Waals surface area contributed by atoms with Gasteiger partial charge in [0.1, 0.15) is 6.33 Å². The van der Waals surface area contributed by atoms with Gasteiger partial charge in [0.05, 0.1) is 5.69 Å². The fourth-order valence-electron chi connectivity index (χ4n) is 1.08. The molecule has 2 rings (SSSR count). The van der Waals surface area contributed by atoms with Crippen LogP contribution >= 0.6 is 0 Å². The minimum absolute atomic E-state index is 0.942. The van der Waals surface area contributed by atoms with Crippen LogP contribution in [-0.2, 0) is 0 Å². The van der Waals surface area contributed by atoms with E-state index in [0.29, 0.717) is 0 Å². The number of benzene rings is 1. The van der Waals surface area contributed by atoms with Crippen molar-refractivity contribution in [2.75, 3.05) is 12.4 Å². The molecule has 0 aliphatic rings. The lowest BCUT2D eigenvalue weighted by Gasteiger charge is -2.02. The molecular weight excluding hydrogens is 166 g/mol. The van der Waals surface area contributed by atoms with Gasteiger partial charge in [-0.15, -0.1) is 5.10 Å². The van der Waals surface area contributed by atoms with E-state index in [9.17, 15) is 0 Å². The molecule has 1 N–H and O–H groups in total. The van der Waals surface area contributed by atoms with Crippen LogP contribution in [0, 0.1) is 0 Å². The molecule has 1 aromatic heterocycles. The third-order valence-electron chi connectivity index (χ3n) is 1.75. The van der Waals surface area contributed by atoms with Crippen LogP contribution in [-0.4, -0.2) is 27.3 Å². The summed E-state index contributed by atoms with van der Waals surface area (Å²) in [4.78, 5) is 0. The monoisotopic (exact) mass is 175 g/mol. The summed E-state index contributed by atoms with van der Waals surface area (Å²) in [6.45, 7) is 0. The van der Waals surface area contributed by atoms with Crippen molar-refractivity contribution in [3.05, 3.63) is 30.6 Å². The van der Waals surface area contributed by atoms with Crippen molar-refractivity contribution in [3.63, 3.8) is 0 Å². The molecule has 1 aromatic carbocycles. The zero-order valence-corrected chi connectivity index (χ0v) is 7.18. The second-order valence-corrected chi connectivity index (χ2v) is 2.55. The summed E-state index contributed by atoms with van der Waals surface area (Å²) in [5.41, 5.74) is 1.98. The Morgan fingerprint density at radius 3 is 3.00 bits per heavy atom. The van der Waals surface area contributed by atoms with Crippen LogP contribution in [0.1, 0.15) is 0 Å². The highest BCUT2D eigenvalue weighted by Gasteiger charge is 1.97. The predicted octanol–water partition coefficient (Wildman–Crippen LogP) is 0.704. The number of tetrazole rings is 1. The highest BCUT2D eigenvalue weighted by Crippen LogP contribution is 2.11. The Morgan fingerprint density at radius 2 is 2.31 bits per heavy atom. The normalized spacial score (nSPS) is 9.92. The standard InChI is InChI=1S/C8H9N5/c1-9-7-3-2-4-8(5-7)13-6-10-11-12-13/h2-6,9H,1H3. The zero-order valence-electron chi connectivity index (χ0n) is 7.18. The quantitative estimate of drug-likeness (QED) is 0.730. The molecule has 2 aromatic rings. The van der Waals surface area contributed by atoms with Gasteiger partial charge in [0.15, 0.2) is 0 Å². The van der Waals surface area contributed by atoms with Gasteiger partial charge in [-0.3, -0.25) is 0 Å². The largest absolute Gasteiger partial charge is 0.388 e. The van der Waals surface area contributed by atoms with Gasteiger partial charge in [0.25, 0.3) is 0 Å². The summed E-state index contributed by atoms with van der Waals surface area (Å²) in [6.07, 6.45) is 1.56. The molecule has 1 heterocycles. The lowest BCUT2D eigenvalue weighted by Crippen LogP contribution is -1.96. The van der Waals surface area contributed by atoms with E-state index >= 15 is 0 Å². The van der Waals surface area contributed by atoms with Gasteiger partial charge < -0.3 is 5.32 Å². The number of nitrogens with zero attached hydrogens (tertiary/aromatic N) is 4. The lowest BCUT2D eigenvalue weighted by atomic mass is 10.3. The van der Waals surface area contributed by atoms with E-state index in [4.69, 9.17) is 0 Å². The highest BCUT2D eigenvalue weighted by atomic mass is 15.5. The van der Waals surface area contributed by atoms with E-state index in [-0.39, 0.29) is 0 Å². The van der Waals surface area contributed by atoms with Gasteiger partial charge in [-0.05, 0) is 28.6 Å². The minimum Gasteiger partial charge on any atom is -0.388 e. The predicted molar refractivity (Wildman–Crippen MR) is 48.7 cm³/mol. The Kier molecular flexibility index (Phi) is 1.91. The molecule has 5 heteroatoms. The number of anilines is 1. The first-order valence-corrected chi connectivity index (χ1v) is 3.91. The van der Waals surface area contributed by atoms with E-state index in [1.165, 1.54) is 0 Å². The fraction of sp³-hybridized carbons (Fsp3) is 0.125. The highest BCUT2D eigenvalue weighted by molar-refractivity contribution is 5.50. The van der Waals surface area contributed by atoms with Crippen molar-refractivity contribution in [1.29, 1.82) is 0 Å². The number of nitrogens with one attached hydrogen (secondary N) is 1. The smallest absolute Gasteiger partial charge is 0.143 e. The van der Waals surface area contributed by atoms with Gasteiger partial charge in [-0.1, -0.05) is 6.07 Å². The van der Waals surface area contributed by atoms with Crippen molar-refractivity contribution < 1.29 is 0 Å². The summed E-state index contributed by atoms with van der Waals surface area (Å²) in [5, 5.41) is 14.0. The van der Waals surface area contributed by atoms with E-state index in [1.807, 2.05) is 31.3 Å². The molecule has 0 aliphatic carbocycles. The molecule has 0 spiro atoms. The van der Waals surface area contributed by atoms with Crippen LogP contribution in [0.3, 0.4) is 0 Å². The number of hydrogen-bond donors (Lipinski definition) is 1. The summed E-state index contributed by atoms with van der Waals surface area (Å²) in [6, 6.07) is 7.84. The van der Waals surface area contributed by atoms with Crippen LogP contribution in [0.2, 0.25) is 0 Å². The third-order valence-corrected chi connectivity index (χ3v) is 1.75. The average molecular weight is 175 g/mol. The van der Waals surface area contributed by atoms with Crippen molar-refractivity contribution in [1.82, 2.24) is 20.2 Å². The summed E-state index contributed by atoms with van der Waals surface area (Å²) in [5.74, 6) is 0. The molecular formula is C8H9N5. The van der Waals surface area contributed by atoms with Gasteiger partial charge in [0.2, 0.25) is 0 Å². The van der Waals surface area contributed by atoms with Crippen LogP contribution in [0.5, 0.6) is 0 Å². The Balaban J connectivity index is 2.41. The van der Waals surface area contributed by atoms with Crippen LogP contribution < -0.4 is 5.32 Å². The van der Waals surface area contributed by atoms with Gasteiger partial charge >= 0.3 is 0 Å². The minimum atomic E-state index is 0.942. The molecule has 5 nitrogen and oxygen atoms in total. The van der Waals surface area contributed by atoms with Crippen LogP contribution in [0.25, 0.3) is 5.69 Å². The first-order valence-electron chi connectivity index (χ1n) is 3.91. The lowest BCUT2D eigenvalue weighted by molar-refractivity contribution is 0.789. The third kappa shape index (κ3) is 1.48. The second kappa shape index (κ2) is 3.22. The van der Waals surface area contributed by atoms with Gasteiger partial charge in [0, 0.05) is 12.7 Å². The molecule has 0 saturated carbocycles. The van der Waals surface area contributed by atoms with Crippen molar-refractivity contribution >= 4 is 5.69 Å². The second-order valence-electron chi connectivity index (χ2n) is 2.55.